The largest absolute Gasteiger partial charge is 0.481 e. The van der Waals surface area contributed by atoms with E-state index >= 15 is 0 Å². The fraction of sp³-hybridized carbons (Fsp3) is 0.462. The molecule has 0 aromatic heterocycles. The Morgan fingerprint density at radius 3 is 2.35 bits per heavy atom. The first-order chi connectivity index (χ1) is 7.88. The van der Waals surface area contributed by atoms with Crippen molar-refractivity contribution in [3.63, 3.8) is 0 Å². The zero-order valence-electron chi connectivity index (χ0n) is 9.54. The number of rotatable bonds is 3. The lowest BCUT2D eigenvalue weighted by Crippen LogP contribution is -2.43. The standard InChI is InChI=1S/C13H14F2O2/c1-12(14,15)9-5-2-3-6-10(9)13(11(16)17)7-4-8-13/h2-3,5-6H,4,7-8H2,1H3,(H,16,17). The molecule has 0 amide bonds. The highest BCUT2D eigenvalue weighted by Gasteiger charge is 2.49. The van der Waals surface area contributed by atoms with Gasteiger partial charge in [0.15, 0.2) is 0 Å². The maximum absolute atomic E-state index is 13.5. The van der Waals surface area contributed by atoms with Crippen LogP contribution in [0.4, 0.5) is 8.78 Å². The van der Waals surface area contributed by atoms with Crippen molar-refractivity contribution in [2.24, 2.45) is 0 Å². The van der Waals surface area contributed by atoms with Crippen molar-refractivity contribution in [3.05, 3.63) is 35.4 Å². The first-order valence-electron chi connectivity index (χ1n) is 5.59. The lowest BCUT2D eigenvalue weighted by molar-refractivity contribution is -0.147. The van der Waals surface area contributed by atoms with E-state index in [9.17, 15) is 18.7 Å². The zero-order valence-corrected chi connectivity index (χ0v) is 9.54. The summed E-state index contributed by atoms with van der Waals surface area (Å²) in [5.74, 6) is -4.00. The van der Waals surface area contributed by atoms with E-state index in [-0.39, 0.29) is 11.1 Å². The Morgan fingerprint density at radius 1 is 1.35 bits per heavy atom. The van der Waals surface area contributed by atoms with Crippen molar-refractivity contribution in [1.29, 1.82) is 0 Å². The number of alkyl halides is 2. The summed E-state index contributed by atoms with van der Waals surface area (Å²) in [5, 5.41) is 9.28. The quantitative estimate of drug-likeness (QED) is 0.880. The minimum Gasteiger partial charge on any atom is -0.481 e. The number of hydrogen-bond donors (Lipinski definition) is 1. The van der Waals surface area contributed by atoms with Gasteiger partial charge >= 0.3 is 5.97 Å². The van der Waals surface area contributed by atoms with Gasteiger partial charge in [0.1, 0.15) is 0 Å². The van der Waals surface area contributed by atoms with E-state index in [4.69, 9.17) is 0 Å². The van der Waals surface area contributed by atoms with Gasteiger partial charge in [0.2, 0.25) is 0 Å². The predicted octanol–water partition coefficient (Wildman–Crippen LogP) is 3.30. The molecule has 2 nitrogen and oxygen atoms in total. The van der Waals surface area contributed by atoms with E-state index in [1.54, 1.807) is 6.07 Å². The van der Waals surface area contributed by atoms with E-state index in [2.05, 4.69) is 0 Å². The van der Waals surface area contributed by atoms with Crippen molar-refractivity contribution in [3.8, 4) is 0 Å². The molecule has 2 rings (SSSR count). The molecule has 0 unspecified atom stereocenters. The third kappa shape index (κ3) is 1.81. The highest BCUT2D eigenvalue weighted by molar-refractivity contribution is 5.83. The van der Waals surface area contributed by atoms with Gasteiger partial charge in [-0.2, -0.15) is 0 Å². The number of aliphatic carboxylic acids is 1. The maximum Gasteiger partial charge on any atom is 0.314 e. The molecule has 1 aromatic rings. The van der Waals surface area contributed by atoms with Crippen LogP contribution in [0.15, 0.2) is 24.3 Å². The molecule has 1 saturated carbocycles. The Hall–Kier alpha value is -1.45. The van der Waals surface area contributed by atoms with Crippen LogP contribution in [0.3, 0.4) is 0 Å². The Labute approximate surface area is 98.3 Å². The second-order valence-electron chi connectivity index (χ2n) is 4.67. The Balaban J connectivity index is 2.56. The number of carbonyl (C=O) groups is 1. The summed E-state index contributed by atoms with van der Waals surface area (Å²) in [5.41, 5.74) is -0.996. The fourth-order valence-corrected chi connectivity index (χ4v) is 2.41. The molecule has 0 aliphatic heterocycles. The first-order valence-corrected chi connectivity index (χ1v) is 5.59. The van der Waals surface area contributed by atoms with Gasteiger partial charge in [0.25, 0.3) is 5.92 Å². The van der Waals surface area contributed by atoms with Crippen molar-refractivity contribution < 1.29 is 18.7 Å². The molecular formula is C13H14F2O2. The third-order valence-electron chi connectivity index (χ3n) is 3.53. The van der Waals surface area contributed by atoms with Crippen LogP contribution in [0.2, 0.25) is 0 Å². The molecule has 92 valence electrons. The summed E-state index contributed by atoms with van der Waals surface area (Å²) >= 11 is 0. The summed E-state index contributed by atoms with van der Waals surface area (Å²) in [7, 11) is 0. The maximum atomic E-state index is 13.5. The van der Waals surface area contributed by atoms with Crippen LogP contribution < -0.4 is 0 Å². The molecule has 1 aliphatic carbocycles. The molecular weight excluding hydrogens is 226 g/mol. The van der Waals surface area contributed by atoms with Crippen LogP contribution in [-0.2, 0) is 16.1 Å². The van der Waals surface area contributed by atoms with E-state index in [0.717, 1.165) is 13.3 Å². The van der Waals surface area contributed by atoms with Gasteiger partial charge in [-0.05, 0) is 18.4 Å². The average Bonchev–Trinajstić information content (AvgIpc) is 2.14. The molecule has 0 heterocycles. The molecule has 0 radical (unpaired) electrons. The summed E-state index contributed by atoms with van der Waals surface area (Å²) < 4.78 is 27.0. The molecule has 1 aliphatic rings. The highest BCUT2D eigenvalue weighted by Crippen LogP contribution is 2.47. The van der Waals surface area contributed by atoms with Crippen LogP contribution in [0.1, 0.15) is 37.3 Å². The molecule has 1 fully saturated rings. The SMILES string of the molecule is CC(F)(F)c1ccccc1C1(C(=O)O)CCC1. The Kier molecular flexibility index (Phi) is 2.68. The summed E-state index contributed by atoms with van der Waals surface area (Å²) in [6.45, 7) is 0.806. The van der Waals surface area contributed by atoms with E-state index in [1.807, 2.05) is 0 Å². The Morgan fingerprint density at radius 2 is 1.94 bits per heavy atom. The molecule has 0 atom stereocenters. The van der Waals surface area contributed by atoms with Crippen LogP contribution in [0.5, 0.6) is 0 Å². The monoisotopic (exact) mass is 240 g/mol. The van der Waals surface area contributed by atoms with Crippen LogP contribution in [0.25, 0.3) is 0 Å². The van der Waals surface area contributed by atoms with Crippen LogP contribution >= 0.6 is 0 Å². The second kappa shape index (κ2) is 3.79. The van der Waals surface area contributed by atoms with Crippen molar-refractivity contribution >= 4 is 5.97 Å². The Bertz CT molecular complexity index is 445. The van der Waals surface area contributed by atoms with Crippen LogP contribution in [0, 0.1) is 0 Å². The van der Waals surface area contributed by atoms with Gasteiger partial charge in [-0.3, -0.25) is 4.79 Å². The third-order valence-corrected chi connectivity index (χ3v) is 3.53. The highest BCUT2D eigenvalue weighted by atomic mass is 19.3. The molecule has 0 bridgehead atoms. The summed E-state index contributed by atoms with van der Waals surface area (Å²) in [4.78, 5) is 11.3. The number of carboxylic acids is 1. The summed E-state index contributed by atoms with van der Waals surface area (Å²) in [6, 6.07) is 5.97. The van der Waals surface area contributed by atoms with Gasteiger partial charge in [-0.1, -0.05) is 30.7 Å². The van der Waals surface area contributed by atoms with Gasteiger partial charge in [0.05, 0.1) is 5.41 Å². The number of benzene rings is 1. The average molecular weight is 240 g/mol. The molecule has 4 heteroatoms. The summed E-state index contributed by atoms with van der Waals surface area (Å²) in [6.07, 6.45) is 1.65. The van der Waals surface area contributed by atoms with Gasteiger partial charge in [0, 0.05) is 12.5 Å². The zero-order chi connectivity index (χ0) is 12.7. The minimum atomic E-state index is -3.01. The minimum absolute atomic E-state index is 0.165. The smallest absolute Gasteiger partial charge is 0.314 e. The van der Waals surface area contributed by atoms with Crippen molar-refractivity contribution in [1.82, 2.24) is 0 Å². The van der Waals surface area contributed by atoms with Gasteiger partial charge < -0.3 is 5.11 Å². The number of halogens is 2. The lowest BCUT2D eigenvalue weighted by atomic mass is 9.63. The van der Waals surface area contributed by atoms with Crippen molar-refractivity contribution in [2.45, 2.75) is 37.5 Å². The molecule has 1 N–H and O–H groups in total. The first kappa shape index (κ1) is 12.0. The van der Waals surface area contributed by atoms with E-state index < -0.39 is 17.3 Å². The fourth-order valence-electron chi connectivity index (χ4n) is 2.41. The number of carboxylic acid groups (broad SMARTS) is 1. The molecule has 0 spiro atoms. The normalized spacial score (nSPS) is 18.5. The topological polar surface area (TPSA) is 37.3 Å². The molecule has 17 heavy (non-hydrogen) atoms. The molecule has 1 aromatic carbocycles. The second-order valence-corrected chi connectivity index (χ2v) is 4.67. The predicted molar refractivity (Wildman–Crippen MR) is 59.2 cm³/mol. The van der Waals surface area contributed by atoms with Gasteiger partial charge in [-0.25, -0.2) is 8.78 Å². The lowest BCUT2D eigenvalue weighted by Gasteiger charge is -2.40. The van der Waals surface area contributed by atoms with Crippen LogP contribution in [-0.4, -0.2) is 11.1 Å². The van der Waals surface area contributed by atoms with Gasteiger partial charge in [-0.15, -0.1) is 0 Å². The van der Waals surface area contributed by atoms with E-state index in [1.165, 1.54) is 18.2 Å². The molecule has 0 saturated heterocycles. The van der Waals surface area contributed by atoms with E-state index in [0.29, 0.717) is 12.8 Å². The van der Waals surface area contributed by atoms with Crippen molar-refractivity contribution in [2.75, 3.05) is 0 Å². The number of hydrogen-bond acceptors (Lipinski definition) is 1.